The highest BCUT2D eigenvalue weighted by atomic mass is 15.2. The Morgan fingerprint density at radius 2 is 1.86 bits per heavy atom. The van der Waals surface area contributed by atoms with Crippen LogP contribution in [0.5, 0.6) is 0 Å². The van der Waals surface area contributed by atoms with Crippen LogP contribution in [0.1, 0.15) is 64.5 Å². The Labute approximate surface area is 131 Å². The summed E-state index contributed by atoms with van der Waals surface area (Å²) in [6.45, 7) is 12.4. The van der Waals surface area contributed by atoms with E-state index < -0.39 is 0 Å². The molecule has 0 amide bonds. The zero-order valence-corrected chi connectivity index (χ0v) is 14.7. The van der Waals surface area contributed by atoms with Crippen molar-refractivity contribution in [3.05, 3.63) is 29.3 Å². The van der Waals surface area contributed by atoms with Crippen molar-refractivity contribution in [3.8, 4) is 0 Å². The molecule has 2 atom stereocenters. The minimum atomic E-state index is 0.279. The molecule has 120 valence electrons. The van der Waals surface area contributed by atoms with Gasteiger partial charge in [0.15, 0.2) is 0 Å². The average molecular weight is 290 g/mol. The van der Waals surface area contributed by atoms with Gasteiger partial charge in [0.2, 0.25) is 0 Å². The second-order valence-corrected chi connectivity index (χ2v) is 6.30. The molecule has 0 aliphatic heterocycles. The molecule has 2 unspecified atom stereocenters. The van der Waals surface area contributed by atoms with Crippen molar-refractivity contribution in [1.29, 1.82) is 0 Å². The maximum absolute atomic E-state index is 6.08. The summed E-state index contributed by atoms with van der Waals surface area (Å²) in [5.41, 5.74) is 10.2. The summed E-state index contributed by atoms with van der Waals surface area (Å²) >= 11 is 0. The van der Waals surface area contributed by atoms with Gasteiger partial charge in [0.1, 0.15) is 0 Å². The van der Waals surface area contributed by atoms with Crippen LogP contribution in [0.4, 0.5) is 5.69 Å². The van der Waals surface area contributed by atoms with Gasteiger partial charge in [-0.05, 0) is 56.7 Å². The van der Waals surface area contributed by atoms with E-state index >= 15 is 0 Å². The third kappa shape index (κ3) is 5.35. The van der Waals surface area contributed by atoms with Crippen LogP contribution >= 0.6 is 0 Å². The van der Waals surface area contributed by atoms with Gasteiger partial charge in [0, 0.05) is 24.3 Å². The Hall–Kier alpha value is -1.02. The molecule has 2 heteroatoms. The zero-order chi connectivity index (χ0) is 15.8. The lowest BCUT2D eigenvalue weighted by molar-refractivity contribution is 0.594. The number of aryl methyl sites for hydroxylation is 1. The summed E-state index contributed by atoms with van der Waals surface area (Å²) in [5, 5.41) is 0. The van der Waals surface area contributed by atoms with Crippen LogP contribution in [0.25, 0.3) is 0 Å². The van der Waals surface area contributed by atoms with E-state index in [1.807, 2.05) is 0 Å². The minimum Gasteiger partial charge on any atom is -0.369 e. The van der Waals surface area contributed by atoms with Gasteiger partial charge in [-0.2, -0.15) is 0 Å². The lowest BCUT2D eigenvalue weighted by Crippen LogP contribution is -2.34. The summed E-state index contributed by atoms with van der Waals surface area (Å²) < 4.78 is 0. The summed E-state index contributed by atoms with van der Waals surface area (Å²) in [7, 11) is 0. The molecule has 0 aliphatic carbocycles. The van der Waals surface area contributed by atoms with Crippen LogP contribution in [0.15, 0.2) is 18.2 Å². The van der Waals surface area contributed by atoms with Crippen LogP contribution in [0.2, 0.25) is 0 Å². The van der Waals surface area contributed by atoms with E-state index in [0.717, 1.165) is 19.4 Å². The third-order valence-electron chi connectivity index (χ3n) is 4.47. The molecule has 21 heavy (non-hydrogen) atoms. The van der Waals surface area contributed by atoms with E-state index in [1.165, 1.54) is 36.1 Å². The van der Waals surface area contributed by atoms with E-state index in [9.17, 15) is 0 Å². The Balaban J connectivity index is 2.93. The Morgan fingerprint density at radius 1 is 1.14 bits per heavy atom. The number of unbranched alkanes of at least 4 members (excludes halogenated alkanes) is 1. The number of nitrogens with zero attached hydrogens (tertiary/aromatic N) is 1. The first kappa shape index (κ1) is 18.0. The van der Waals surface area contributed by atoms with Crippen molar-refractivity contribution < 1.29 is 0 Å². The SMILES string of the molecule is CCCCN(c1ccc(CC(N)CC)cc1C)C(C)CC. The first-order chi connectivity index (χ1) is 10.0. The highest BCUT2D eigenvalue weighted by molar-refractivity contribution is 5.55. The van der Waals surface area contributed by atoms with Crippen molar-refractivity contribution >= 4 is 5.69 Å². The van der Waals surface area contributed by atoms with Gasteiger partial charge in [0.05, 0.1) is 0 Å². The molecular weight excluding hydrogens is 256 g/mol. The second kappa shape index (κ2) is 9.09. The molecule has 1 aromatic rings. The minimum absolute atomic E-state index is 0.279. The van der Waals surface area contributed by atoms with E-state index in [4.69, 9.17) is 5.73 Å². The quantitative estimate of drug-likeness (QED) is 0.715. The van der Waals surface area contributed by atoms with Crippen molar-refractivity contribution in [2.75, 3.05) is 11.4 Å². The van der Waals surface area contributed by atoms with E-state index in [-0.39, 0.29) is 6.04 Å². The zero-order valence-electron chi connectivity index (χ0n) is 14.7. The smallest absolute Gasteiger partial charge is 0.0398 e. The maximum atomic E-state index is 6.08. The first-order valence-corrected chi connectivity index (χ1v) is 8.65. The van der Waals surface area contributed by atoms with Gasteiger partial charge in [-0.25, -0.2) is 0 Å². The van der Waals surface area contributed by atoms with Gasteiger partial charge >= 0.3 is 0 Å². The van der Waals surface area contributed by atoms with Gasteiger partial charge < -0.3 is 10.6 Å². The van der Waals surface area contributed by atoms with Crippen molar-refractivity contribution in [2.45, 2.75) is 78.8 Å². The molecule has 0 fully saturated rings. The number of hydrogen-bond acceptors (Lipinski definition) is 2. The number of anilines is 1. The number of nitrogens with two attached hydrogens (primary N) is 1. The summed E-state index contributed by atoms with van der Waals surface area (Å²) in [6, 6.07) is 7.76. The Kier molecular flexibility index (Phi) is 7.81. The molecule has 0 bridgehead atoms. The summed E-state index contributed by atoms with van der Waals surface area (Å²) in [6.07, 6.45) is 5.71. The van der Waals surface area contributed by atoms with Gasteiger partial charge in [-0.15, -0.1) is 0 Å². The second-order valence-electron chi connectivity index (χ2n) is 6.30. The molecule has 2 nitrogen and oxygen atoms in total. The maximum Gasteiger partial charge on any atom is 0.0398 e. The van der Waals surface area contributed by atoms with Gasteiger partial charge in [0.25, 0.3) is 0 Å². The van der Waals surface area contributed by atoms with Gasteiger partial charge in [-0.1, -0.05) is 39.3 Å². The molecule has 0 saturated heterocycles. The van der Waals surface area contributed by atoms with Crippen LogP contribution in [-0.2, 0) is 6.42 Å². The highest BCUT2D eigenvalue weighted by Gasteiger charge is 2.15. The molecule has 1 aromatic carbocycles. The predicted octanol–water partition coefficient (Wildman–Crippen LogP) is 4.68. The van der Waals surface area contributed by atoms with Crippen molar-refractivity contribution in [3.63, 3.8) is 0 Å². The van der Waals surface area contributed by atoms with E-state index in [1.54, 1.807) is 0 Å². The van der Waals surface area contributed by atoms with Gasteiger partial charge in [-0.3, -0.25) is 0 Å². The normalized spacial score (nSPS) is 14.0. The fourth-order valence-electron chi connectivity index (χ4n) is 2.74. The largest absolute Gasteiger partial charge is 0.369 e. The molecule has 0 heterocycles. The van der Waals surface area contributed by atoms with Crippen LogP contribution < -0.4 is 10.6 Å². The molecule has 0 radical (unpaired) electrons. The molecule has 0 aliphatic rings. The summed E-state index contributed by atoms with van der Waals surface area (Å²) in [5.74, 6) is 0. The van der Waals surface area contributed by atoms with Crippen LogP contribution in [0.3, 0.4) is 0 Å². The number of hydrogen-bond donors (Lipinski definition) is 1. The Bertz CT molecular complexity index is 414. The van der Waals surface area contributed by atoms with Crippen molar-refractivity contribution in [2.24, 2.45) is 5.73 Å². The third-order valence-corrected chi connectivity index (χ3v) is 4.47. The fourth-order valence-corrected chi connectivity index (χ4v) is 2.74. The molecular formula is C19H34N2. The number of benzene rings is 1. The molecule has 1 rings (SSSR count). The Morgan fingerprint density at radius 3 is 2.38 bits per heavy atom. The highest BCUT2D eigenvalue weighted by Crippen LogP contribution is 2.25. The number of rotatable bonds is 9. The molecule has 0 aromatic heterocycles. The lowest BCUT2D eigenvalue weighted by Gasteiger charge is -2.32. The molecule has 0 saturated carbocycles. The standard InChI is InChI=1S/C19H34N2/c1-6-9-12-21(16(5)7-2)19-11-10-17(13-15(19)4)14-18(20)8-3/h10-11,13,16,18H,6-9,12,14,20H2,1-5H3. The topological polar surface area (TPSA) is 29.3 Å². The molecule has 2 N–H and O–H groups in total. The predicted molar refractivity (Wildman–Crippen MR) is 95.2 cm³/mol. The van der Waals surface area contributed by atoms with Crippen LogP contribution in [-0.4, -0.2) is 18.6 Å². The van der Waals surface area contributed by atoms with E-state index in [0.29, 0.717) is 6.04 Å². The van der Waals surface area contributed by atoms with Crippen LogP contribution in [0, 0.1) is 6.92 Å². The monoisotopic (exact) mass is 290 g/mol. The fraction of sp³-hybridized carbons (Fsp3) is 0.684. The average Bonchev–Trinajstić information content (AvgIpc) is 2.48. The van der Waals surface area contributed by atoms with E-state index in [2.05, 4.69) is 57.7 Å². The molecule has 0 spiro atoms. The lowest BCUT2D eigenvalue weighted by atomic mass is 10.0. The van der Waals surface area contributed by atoms with Crippen molar-refractivity contribution in [1.82, 2.24) is 0 Å². The summed E-state index contributed by atoms with van der Waals surface area (Å²) in [4.78, 5) is 2.57. The first-order valence-electron chi connectivity index (χ1n) is 8.65.